The number of benzene rings is 3. The van der Waals surface area contributed by atoms with E-state index < -0.39 is 17.9 Å². The maximum Gasteiger partial charge on any atom is 0.573 e. The van der Waals surface area contributed by atoms with Crippen molar-refractivity contribution in [1.29, 1.82) is 0 Å². The minimum Gasteiger partial charge on any atom is -0.406 e. The Morgan fingerprint density at radius 3 is 2.45 bits per heavy atom. The van der Waals surface area contributed by atoms with E-state index in [4.69, 9.17) is 0 Å². The smallest absolute Gasteiger partial charge is 0.406 e. The first-order chi connectivity index (χ1) is 20.0. The molecule has 42 heavy (non-hydrogen) atoms. The van der Waals surface area contributed by atoms with Gasteiger partial charge < -0.3 is 15.0 Å². The zero-order valence-corrected chi connectivity index (χ0v) is 24.0. The van der Waals surface area contributed by atoms with E-state index in [9.17, 15) is 18.0 Å². The van der Waals surface area contributed by atoms with Crippen molar-refractivity contribution < 1.29 is 22.7 Å². The highest BCUT2D eigenvalue weighted by Gasteiger charge is 2.31. The van der Waals surface area contributed by atoms with Crippen molar-refractivity contribution in [2.45, 2.75) is 39.1 Å². The number of aryl methyl sites for hydroxylation is 1. The molecule has 1 aliphatic heterocycles. The summed E-state index contributed by atoms with van der Waals surface area (Å²) in [6, 6.07) is 20.6. The molecule has 0 bridgehead atoms. The van der Waals surface area contributed by atoms with Gasteiger partial charge in [0.15, 0.2) is 11.0 Å². The molecule has 0 aliphatic carbocycles. The number of aromatic nitrogens is 3. The first-order valence-corrected chi connectivity index (χ1v) is 14.3. The first kappa shape index (κ1) is 29.2. The summed E-state index contributed by atoms with van der Waals surface area (Å²) in [5.41, 5.74) is 3.72. The van der Waals surface area contributed by atoms with E-state index in [1.165, 1.54) is 40.8 Å². The molecule has 1 aliphatic rings. The van der Waals surface area contributed by atoms with Crippen LogP contribution in [0, 0.1) is 0 Å². The van der Waals surface area contributed by atoms with E-state index >= 15 is 0 Å². The third-order valence-corrected chi connectivity index (χ3v) is 7.70. The number of para-hydroxylation sites is 1. The summed E-state index contributed by atoms with van der Waals surface area (Å²) in [5, 5.41) is 8.15. The van der Waals surface area contributed by atoms with Gasteiger partial charge in [-0.3, -0.25) is 0 Å². The van der Waals surface area contributed by atoms with Crippen LogP contribution in [0.15, 0.2) is 84.1 Å². The maximum atomic E-state index is 13.0. The monoisotopic (exact) mass is 594 g/mol. The molecule has 218 valence electrons. The quantitative estimate of drug-likeness (QED) is 0.249. The lowest BCUT2D eigenvalue weighted by Crippen LogP contribution is -2.40. The van der Waals surface area contributed by atoms with Crippen LogP contribution in [-0.4, -0.2) is 44.6 Å². The van der Waals surface area contributed by atoms with Crippen LogP contribution in [0.25, 0.3) is 17.1 Å². The largest absolute Gasteiger partial charge is 0.573 e. The van der Waals surface area contributed by atoms with Crippen LogP contribution < -0.4 is 15.0 Å². The zero-order chi connectivity index (χ0) is 29.9. The number of halogens is 3. The molecule has 3 aromatic carbocycles. The summed E-state index contributed by atoms with van der Waals surface area (Å²) < 4.78 is 42.6. The Balaban J connectivity index is 1.26. The van der Waals surface area contributed by atoms with Crippen molar-refractivity contribution in [3.05, 3.63) is 90.3 Å². The molecule has 0 saturated carbocycles. The van der Waals surface area contributed by atoms with Gasteiger partial charge in [-0.2, -0.15) is 4.99 Å². The number of aliphatic imine (C=N–C) groups is 1. The Morgan fingerprint density at radius 2 is 1.76 bits per heavy atom. The Bertz CT molecular complexity index is 1580. The molecule has 12 heteroatoms. The summed E-state index contributed by atoms with van der Waals surface area (Å²) in [6.45, 7) is 6.72. The van der Waals surface area contributed by atoms with Crippen LogP contribution in [0.1, 0.15) is 31.9 Å². The van der Waals surface area contributed by atoms with E-state index in [1.54, 1.807) is 11.8 Å². The molecule has 0 radical (unpaired) electrons. The Hall–Kier alpha value is -4.32. The second kappa shape index (κ2) is 11.9. The van der Waals surface area contributed by atoms with Crippen LogP contribution in [0.3, 0.4) is 0 Å². The minimum absolute atomic E-state index is 0.315. The van der Waals surface area contributed by atoms with Crippen molar-refractivity contribution in [2.24, 2.45) is 4.99 Å². The minimum atomic E-state index is -4.75. The number of nitrogens with one attached hydrogen (secondary N) is 1. The molecule has 0 spiro atoms. The molecule has 4 aromatic rings. The summed E-state index contributed by atoms with van der Waals surface area (Å²) >= 11 is 1.57. The number of hydrogen-bond acceptors (Lipinski definition) is 5. The topological polar surface area (TPSA) is 84.6 Å². The molecular formula is C30H29F3N6O2S. The third kappa shape index (κ3) is 6.76. The number of carbonyl (C=O) groups excluding carboxylic acids is 1. The van der Waals surface area contributed by atoms with Crippen molar-refractivity contribution in [1.82, 2.24) is 20.1 Å². The number of urea groups is 1. The molecule has 1 aromatic heterocycles. The van der Waals surface area contributed by atoms with E-state index in [-0.39, 0.29) is 5.75 Å². The maximum absolute atomic E-state index is 13.0. The number of ether oxygens (including phenoxy) is 1. The molecule has 1 N–H and O–H groups in total. The van der Waals surface area contributed by atoms with Crippen molar-refractivity contribution in [2.75, 3.05) is 17.2 Å². The normalized spacial score (nSPS) is 14.8. The van der Waals surface area contributed by atoms with Gasteiger partial charge in [0.2, 0.25) is 0 Å². The van der Waals surface area contributed by atoms with Gasteiger partial charge in [-0.15, -0.1) is 18.3 Å². The molecule has 8 nitrogen and oxygen atoms in total. The lowest BCUT2D eigenvalue weighted by atomic mass is 9.93. The number of carbonyl (C=O) groups is 1. The van der Waals surface area contributed by atoms with Crippen LogP contribution in [0.5, 0.6) is 5.75 Å². The van der Waals surface area contributed by atoms with E-state index in [0.717, 1.165) is 35.5 Å². The molecule has 0 unspecified atom stereocenters. The Kier molecular flexibility index (Phi) is 8.26. The summed E-state index contributed by atoms with van der Waals surface area (Å²) in [5.74, 6) is 0.983. The second-order valence-electron chi connectivity index (χ2n) is 10.1. The molecule has 2 heterocycles. The standard InChI is InChI=1S/C30H29F3N6O2S/c1-4-20-7-5-6-8-25(20)38-17-18-42-28(38)35-27(40)36-29(2,3)22-11-9-21(10-12-22)26-34-19-39(37-26)23-13-15-24(16-14-23)41-30(31,32)33/h5-16,19H,4,17-18H2,1-3H3,(H,36,40). The number of thioether (sulfide) groups is 1. The van der Waals surface area contributed by atoms with Gasteiger partial charge in [0, 0.05) is 23.5 Å². The number of amidine groups is 1. The van der Waals surface area contributed by atoms with Crippen LogP contribution in [0.2, 0.25) is 0 Å². The lowest BCUT2D eigenvalue weighted by Gasteiger charge is -2.26. The van der Waals surface area contributed by atoms with Gasteiger partial charge >= 0.3 is 12.4 Å². The number of alkyl halides is 3. The highest BCUT2D eigenvalue weighted by atomic mass is 32.2. The Labute approximate surface area is 245 Å². The van der Waals surface area contributed by atoms with Gasteiger partial charge in [0.1, 0.15) is 12.1 Å². The number of nitrogens with zero attached hydrogens (tertiary/aromatic N) is 5. The van der Waals surface area contributed by atoms with Crippen LogP contribution in [0.4, 0.5) is 23.7 Å². The van der Waals surface area contributed by atoms with Gasteiger partial charge in [-0.05, 0) is 61.7 Å². The number of anilines is 1. The van der Waals surface area contributed by atoms with Crippen molar-refractivity contribution in [3.8, 4) is 22.8 Å². The average Bonchev–Trinajstić information content (AvgIpc) is 3.63. The number of rotatable bonds is 7. The van der Waals surface area contributed by atoms with Crippen LogP contribution >= 0.6 is 11.8 Å². The lowest BCUT2D eigenvalue weighted by molar-refractivity contribution is -0.274. The molecule has 5 rings (SSSR count). The molecule has 0 atom stereocenters. The van der Waals surface area contributed by atoms with Crippen molar-refractivity contribution >= 4 is 28.6 Å². The number of amides is 2. The number of hydrogen-bond donors (Lipinski definition) is 1. The molecular weight excluding hydrogens is 565 g/mol. The van der Waals surface area contributed by atoms with Gasteiger partial charge in [-0.1, -0.05) is 61.2 Å². The summed E-state index contributed by atoms with van der Waals surface area (Å²) in [7, 11) is 0. The second-order valence-corrected chi connectivity index (χ2v) is 11.1. The van der Waals surface area contributed by atoms with Crippen molar-refractivity contribution in [3.63, 3.8) is 0 Å². The predicted octanol–water partition coefficient (Wildman–Crippen LogP) is 6.95. The molecule has 2 amide bonds. The Morgan fingerprint density at radius 1 is 1.05 bits per heavy atom. The fourth-order valence-corrected chi connectivity index (χ4v) is 5.55. The van der Waals surface area contributed by atoms with E-state index in [1.807, 2.05) is 50.2 Å². The van der Waals surface area contributed by atoms with Crippen LogP contribution in [-0.2, 0) is 12.0 Å². The summed E-state index contributed by atoms with van der Waals surface area (Å²) in [6.07, 6.45) is -2.38. The summed E-state index contributed by atoms with van der Waals surface area (Å²) in [4.78, 5) is 23.8. The third-order valence-electron chi connectivity index (χ3n) is 6.75. The molecule has 1 saturated heterocycles. The van der Waals surface area contributed by atoms with E-state index in [0.29, 0.717) is 16.7 Å². The fraction of sp³-hybridized carbons (Fsp3) is 0.267. The van der Waals surface area contributed by atoms with Gasteiger partial charge in [0.25, 0.3) is 0 Å². The average molecular weight is 595 g/mol. The highest BCUT2D eigenvalue weighted by Crippen LogP contribution is 2.30. The van der Waals surface area contributed by atoms with Gasteiger partial charge in [0.05, 0.1) is 11.2 Å². The fourth-order valence-electron chi connectivity index (χ4n) is 4.60. The van der Waals surface area contributed by atoms with E-state index in [2.05, 4.69) is 49.1 Å². The van der Waals surface area contributed by atoms with Gasteiger partial charge in [-0.25, -0.2) is 14.5 Å². The SMILES string of the molecule is CCc1ccccc1N1CCSC1=NC(=O)NC(C)(C)c1ccc(-c2ncn(-c3ccc(OC(F)(F)F)cc3)n2)cc1. The highest BCUT2D eigenvalue weighted by molar-refractivity contribution is 8.14. The zero-order valence-electron chi connectivity index (χ0n) is 23.2. The first-order valence-electron chi connectivity index (χ1n) is 13.3. The molecule has 1 fully saturated rings. The predicted molar refractivity (Wildman–Crippen MR) is 158 cm³/mol.